The molecule has 7 nitrogen and oxygen atoms in total. The molecule has 2 aromatic carbocycles. The minimum atomic E-state index is -3.64. The number of carbonyl (C=O) groups is 2. The lowest BCUT2D eigenvalue weighted by Gasteiger charge is -2.24. The number of rotatable bonds is 6. The number of benzene rings is 2. The molecule has 144 valence electrons. The molecule has 0 fully saturated rings. The molecule has 0 bridgehead atoms. The number of ether oxygens (including phenoxy) is 1. The average molecular weight is 391 g/mol. The molecule has 0 spiro atoms. The van der Waals surface area contributed by atoms with Crippen molar-refractivity contribution in [2.45, 2.75) is 24.2 Å². The second kappa shape index (κ2) is 7.40. The Labute approximate surface area is 157 Å². The molecule has 0 radical (unpaired) electrons. The van der Waals surface area contributed by atoms with Crippen LogP contribution in [0.5, 0.6) is 5.75 Å². The van der Waals surface area contributed by atoms with Crippen LogP contribution in [-0.4, -0.2) is 38.8 Å². The van der Waals surface area contributed by atoms with Crippen LogP contribution in [0.15, 0.2) is 47.4 Å². The van der Waals surface area contributed by atoms with Crippen molar-refractivity contribution in [3.8, 4) is 5.75 Å². The van der Waals surface area contributed by atoms with Gasteiger partial charge in [-0.1, -0.05) is 12.1 Å². The number of methoxy groups -OCH3 is 1. The molecular formula is C19H21NO6S. The zero-order valence-electron chi connectivity index (χ0n) is 15.4. The van der Waals surface area contributed by atoms with Crippen molar-refractivity contribution < 1.29 is 27.9 Å². The molecule has 0 aliphatic heterocycles. The molecule has 27 heavy (non-hydrogen) atoms. The first-order chi connectivity index (χ1) is 12.4. The number of carboxylic acids is 1. The standard InChI is InChI=1S/C19H21NO6S/c1-19(2,13-5-7-15(26-3)8-6-13)18(23)20-14-9-12(17(21)22)10-16(11-14)27(4,24)25/h5-11H,1-4H3,(H,20,23)(H,21,22). The van der Waals surface area contributed by atoms with E-state index in [1.165, 1.54) is 12.1 Å². The van der Waals surface area contributed by atoms with Gasteiger partial charge in [0.15, 0.2) is 9.84 Å². The predicted octanol–water partition coefficient (Wildman–Crippen LogP) is 2.71. The Bertz CT molecular complexity index is 978. The fourth-order valence-electron chi connectivity index (χ4n) is 2.43. The third-order valence-electron chi connectivity index (χ3n) is 4.22. The highest BCUT2D eigenvalue weighted by atomic mass is 32.2. The van der Waals surface area contributed by atoms with Gasteiger partial charge in [-0.3, -0.25) is 4.79 Å². The molecule has 2 aromatic rings. The topological polar surface area (TPSA) is 110 Å². The van der Waals surface area contributed by atoms with Crippen molar-refractivity contribution in [3.05, 3.63) is 53.6 Å². The summed E-state index contributed by atoms with van der Waals surface area (Å²) in [5.74, 6) is -1.04. The molecule has 1 amide bonds. The highest BCUT2D eigenvalue weighted by Crippen LogP contribution is 2.28. The number of aromatic carboxylic acids is 1. The van der Waals surface area contributed by atoms with E-state index in [9.17, 15) is 23.1 Å². The van der Waals surface area contributed by atoms with Gasteiger partial charge >= 0.3 is 5.97 Å². The van der Waals surface area contributed by atoms with Crippen molar-refractivity contribution >= 4 is 27.4 Å². The summed E-state index contributed by atoms with van der Waals surface area (Å²) in [6.45, 7) is 3.42. The van der Waals surface area contributed by atoms with E-state index in [4.69, 9.17) is 4.74 Å². The number of carboxylic acid groups (broad SMARTS) is 1. The number of carbonyl (C=O) groups excluding carboxylic acids is 1. The van der Waals surface area contributed by atoms with E-state index in [1.807, 2.05) is 0 Å². The summed E-state index contributed by atoms with van der Waals surface area (Å²) in [4.78, 5) is 23.9. The Hall–Kier alpha value is -2.87. The maximum absolute atomic E-state index is 12.8. The number of hydrogen-bond acceptors (Lipinski definition) is 5. The summed E-state index contributed by atoms with van der Waals surface area (Å²) in [6, 6.07) is 10.5. The van der Waals surface area contributed by atoms with Crippen LogP contribution in [0.3, 0.4) is 0 Å². The third kappa shape index (κ3) is 4.65. The van der Waals surface area contributed by atoms with E-state index in [-0.39, 0.29) is 16.1 Å². The highest BCUT2D eigenvalue weighted by molar-refractivity contribution is 7.90. The molecule has 0 aliphatic rings. The highest BCUT2D eigenvalue weighted by Gasteiger charge is 2.30. The fourth-order valence-corrected chi connectivity index (χ4v) is 3.12. The average Bonchev–Trinajstić information content (AvgIpc) is 2.60. The van der Waals surface area contributed by atoms with Gasteiger partial charge in [-0.2, -0.15) is 0 Å². The van der Waals surface area contributed by atoms with Gasteiger partial charge < -0.3 is 15.2 Å². The van der Waals surface area contributed by atoms with E-state index in [0.717, 1.165) is 17.9 Å². The largest absolute Gasteiger partial charge is 0.497 e. The van der Waals surface area contributed by atoms with E-state index < -0.39 is 27.1 Å². The molecule has 2 N–H and O–H groups in total. The summed E-state index contributed by atoms with van der Waals surface area (Å²) in [5, 5.41) is 11.8. The van der Waals surface area contributed by atoms with Crippen molar-refractivity contribution in [2.75, 3.05) is 18.7 Å². The normalized spacial score (nSPS) is 11.7. The summed E-state index contributed by atoms with van der Waals surface area (Å²) < 4.78 is 28.7. The molecule has 2 rings (SSSR count). The van der Waals surface area contributed by atoms with Crippen LogP contribution in [-0.2, 0) is 20.0 Å². The van der Waals surface area contributed by atoms with E-state index >= 15 is 0 Å². The second-order valence-corrected chi connectivity index (χ2v) is 8.65. The molecule has 0 aromatic heterocycles. The summed E-state index contributed by atoms with van der Waals surface area (Å²) >= 11 is 0. The molecule has 8 heteroatoms. The maximum Gasteiger partial charge on any atom is 0.335 e. The van der Waals surface area contributed by atoms with Crippen molar-refractivity contribution in [1.29, 1.82) is 0 Å². The maximum atomic E-state index is 12.8. The first kappa shape index (κ1) is 20.4. The molecule has 0 aliphatic carbocycles. The quantitative estimate of drug-likeness (QED) is 0.783. The molecule has 0 unspecified atom stereocenters. The van der Waals surface area contributed by atoms with E-state index in [0.29, 0.717) is 5.75 Å². The van der Waals surface area contributed by atoms with Gasteiger partial charge in [-0.05, 0) is 49.7 Å². The smallest absolute Gasteiger partial charge is 0.335 e. The van der Waals surface area contributed by atoms with Gasteiger partial charge in [0.25, 0.3) is 0 Å². The number of amides is 1. The second-order valence-electron chi connectivity index (χ2n) is 6.63. The summed E-state index contributed by atoms with van der Waals surface area (Å²) in [7, 11) is -2.10. The van der Waals surface area contributed by atoms with Crippen LogP contribution >= 0.6 is 0 Å². The Morgan fingerprint density at radius 2 is 1.67 bits per heavy atom. The minimum absolute atomic E-state index is 0.0990. The first-order valence-corrected chi connectivity index (χ1v) is 9.88. The van der Waals surface area contributed by atoms with Crippen LogP contribution in [0.2, 0.25) is 0 Å². The lowest BCUT2D eigenvalue weighted by atomic mass is 9.83. The van der Waals surface area contributed by atoms with Gasteiger partial charge in [-0.15, -0.1) is 0 Å². The SMILES string of the molecule is COc1ccc(C(C)(C)C(=O)Nc2cc(C(=O)O)cc(S(C)(=O)=O)c2)cc1. The first-order valence-electron chi connectivity index (χ1n) is 7.99. The Morgan fingerprint density at radius 3 is 2.15 bits per heavy atom. The zero-order valence-corrected chi connectivity index (χ0v) is 16.3. The van der Waals surface area contributed by atoms with Crippen LogP contribution in [0, 0.1) is 0 Å². The van der Waals surface area contributed by atoms with Crippen molar-refractivity contribution in [3.63, 3.8) is 0 Å². The molecule has 0 saturated heterocycles. The Kier molecular flexibility index (Phi) is 5.60. The summed E-state index contributed by atoms with van der Waals surface area (Å²) in [6.07, 6.45) is 0.973. The van der Waals surface area contributed by atoms with Crippen LogP contribution in [0.25, 0.3) is 0 Å². The predicted molar refractivity (Wildman–Crippen MR) is 101 cm³/mol. The van der Waals surface area contributed by atoms with E-state index in [2.05, 4.69) is 5.32 Å². The number of hydrogen-bond donors (Lipinski definition) is 2. The van der Waals surface area contributed by atoms with Crippen LogP contribution in [0.1, 0.15) is 29.8 Å². The minimum Gasteiger partial charge on any atom is -0.497 e. The van der Waals surface area contributed by atoms with Crippen molar-refractivity contribution in [1.82, 2.24) is 0 Å². The lowest BCUT2D eigenvalue weighted by Crippen LogP contribution is -2.34. The lowest BCUT2D eigenvalue weighted by molar-refractivity contribution is -0.120. The molecule has 0 atom stereocenters. The van der Waals surface area contributed by atoms with Crippen LogP contribution < -0.4 is 10.1 Å². The molecule has 0 saturated carbocycles. The zero-order chi connectivity index (χ0) is 20.4. The molecular weight excluding hydrogens is 370 g/mol. The third-order valence-corrected chi connectivity index (χ3v) is 5.31. The Morgan fingerprint density at radius 1 is 1.07 bits per heavy atom. The monoisotopic (exact) mass is 391 g/mol. The van der Waals surface area contributed by atoms with Gasteiger partial charge in [0.1, 0.15) is 5.75 Å². The van der Waals surface area contributed by atoms with Gasteiger partial charge in [0.05, 0.1) is 23.0 Å². The van der Waals surface area contributed by atoms with Gasteiger partial charge in [0, 0.05) is 11.9 Å². The Balaban J connectivity index is 2.38. The van der Waals surface area contributed by atoms with Gasteiger partial charge in [-0.25, -0.2) is 13.2 Å². The van der Waals surface area contributed by atoms with Crippen LogP contribution in [0.4, 0.5) is 5.69 Å². The molecule has 0 heterocycles. The number of anilines is 1. The van der Waals surface area contributed by atoms with Gasteiger partial charge in [0.2, 0.25) is 5.91 Å². The van der Waals surface area contributed by atoms with Crippen molar-refractivity contribution in [2.24, 2.45) is 0 Å². The van der Waals surface area contributed by atoms with E-state index in [1.54, 1.807) is 45.2 Å². The fraction of sp³-hybridized carbons (Fsp3) is 0.263. The number of sulfone groups is 1. The summed E-state index contributed by atoms with van der Waals surface area (Å²) in [5.41, 5.74) is -0.354. The number of nitrogens with one attached hydrogen (secondary N) is 1.